The van der Waals surface area contributed by atoms with Crippen LogP contribution in [0.2, 0.25) is 0 Å². The van der Waals surface area contributed by atoms with Crippen LogP contribution in [-0.2, 0) is 9.84 Å². The van der Waals surface area contributed by atoms with Crippen molar-refractivity contribution in [3.05, 3.63) is 65.5 Å². The first-order chi connectivity index (χ1) is 10.8. The molecule has 2 rings (SSSR count). The number of carbonyl (C=O) groups is 1. The third-order valence-electron chi connectivity index (χ3n) is 3.14. The number of allylic oxidation sites excluding steroid dienone is 1. The van der Waals surface area contributed by atoms with E-state index in [4.69, 9.17) is 4.74 Å². The van der Waals surface area contributed by atoms with Gasteiger partial charge >= 0.3 is 0 Å². The number of sulfone groups is 1. The summed E-state index contributed by atoms with van der Waals surface area (Å²) in [6.45, 7) is 0. The molecule has 0 heterocycles. The summed E-state index contributed by atoms with van der Waals surface area (Å²) in [7, 11) is -2.10. The predicted molar refractivity (Wildman–Crippen MR) is 85.9 cm³/mol. The van der Waals surface area contributed by atoms with Crippen LogP contribution in [0.25, 0.3) is 6.08 Å². The average molecular weight is 334 g/mol. The van der Waals surface area contributed by atoms with E-state index in [1.165, 1.54) is 43.5 Å². The van der Waals surface area contributed by atoms with Gasteiger partial charge in [-0.2, -0.15) is 0 Å². The van der Waals surface area contributed by atoms with Crippen LogP contribution >= 0.6 is 0 Å². The summed E-state index contributed by atoms with van der Waals surface area (Å²) in [5.74, 6) is -0.546. The van der Waals surface area contributed by atoms with Gasteiger partial charge in [0.1, 0.15) is 16.5 Å². The van der Waals surface area contributed by atoms with Crippen molar-refractivity contribution in [2.75, 3.05) is 13.4 Å². The van der Waals surface area contributed by atoms with Crippen LogP contribution in [0.1, 0.15) is 15.9 Å². The van der Waals surface area contributed by atoms with Crippen LogP contribution < -0.4 is 4.74 Å². The maximum Gasteiger partial charge on any atom is 0.185 e. The molecule has 0 aliphatic carbocycles. The van der Waals surface area contributed by atoms with Gasteiger partial charge in [-0.05, 0) is 42.0 Å². The minimum atomic E-state index is -3.44. The lowest BCUT2D eigenvalue weighted by Crippen LogP contribution is -2.03. The fourth-order valence-electron chi connectivity index (χ4n) is 1.97. The lowest BCUT2D eigenvalue weighted by molar-refractivity contribution is 0.104. The van der Waals surface area contributed by atoms with Crippen molar-refractivity contribution in [1.82, 2.24) is 0 Å². The number of carbonyl (C=O) groups excluding carboxylic acids is 1. The summed E-state index contributed by atoms with van der Waals surface area (Å²) in [5.41, 5.74) is 0.979. The fourth-order valence-corrected chi connectivity index (χ4v) is 2.79. The first-order valence-electron chi connectivity index (χ1n) is 6.67. The number of methoxy groups -OCH3 is 1. The average Bonchev–Trinajstić information content (AvgIpc) is 2.52. The highest BCUT2D eigenvalue weighted by molar-refractivity contribution is 7.90. The number of halogens is 1. The summed E-state index contributed by atoms with van der Waals surface area (Å²) < 4.78 is 41.1. The second kappa shape index (κ2) is 6.75. The largest absolute Gasteiger partial charge is 0.495 e. The van der Waals surface area contributed by atoms with Gasteiger partial charge < -0.3 is 4.74 Å². The summed E-state index contributed by atoms with van der Waals surface area (Å²) in [6.07, 6.45) is 3.96. The Morgan fingerprint density at radius 1 is 1.13 bits per heavy atom. The summed E-state index contributed by atoms with van der Waals surface area (Å²) >= 11 is 0. The van der Waals surface area contributed by atoms with Crippen LogP contribution in [0.5, 0.6) is 5.75 Å². The Labute approximate surface area is 134 Å². The Morgan fingerprint density at radius 3 is 2.35 bits per heavy atom. The molecule has 0 aliphatic rings. The lowest BCUT2D eigenvalue weighted by Gasteiger charge is -2.07. The van der Waals surface area contributed by atoms with Gasteiger partial charge in [-0.1, -0.05) is 18.2 Å². The van der Waals surface area contributed by atoms with Crippen LogP contribution in [0, 0.1) is 5.82 Å². The van der Waals surface area contributed by atoms with Crippen LogP contribution in [0.3, 0.4) is 0 Å². The normalized spacial score (nSPS) is 11.6. The number of ketones is 1. The Kier molecular flexibility index (Phi) is 4.95. The van der Waals surface area contributed by atoms with Gasteiger partial charge in [0.2, 0.25) is 0 Å². The van der Waals surface area contributed by atoms with E-state index >= 15 is 0 Å². The fraction of sp³-hybridized carbons (Fsp3) is 0.118. The third-order valence-corrected chi connectivity index (χ3v) is 4.28. The first-order valence-corrected chi connectivity index (χ1v) is 8.56. The molecule has 0 amide bonds. The molecule has 23 heavy (non-hydrogen) atoms. The van der Waals surface area contributed by atoms with Crippen molar-refractivity contribution in [3.63, 3.8) is 0 Å². The monoisotopic (exact) mass is 334 g/mol. The Morgan fingerprint density at radius 2 is 1.78 bits per heavy atom. The van der Waals surface area contributed by atoms with Gasteiger partial charge in [-0.3, -0.25) is 4.79 Å². The molecule has 0 fully saturated rings. The predicted octanol–water partition coefficient (Wildman–Crippen LogP) is 3.13. The van der Waals surface area contributed by atoms with E-state index in [0.29, 0.717) is 11.1 Å². The molecule has 0 unspecified atom stereocenters. The molecule has 2 aromatic carbocycles. The van der Waals surface area contributed by atoms with Crippen molar-refractivity contribution < 1.29 is 22.3 Å². The molecule has 0 saturated heterocycles. The molecule has 0 aliphatic heterocycles. The smallest absolute Gasteiger partial charge is 0.185 e. The van der Waals surface area contributed by atoms with Gasteiger partial charge in [0, 0.05) is 11.8 Å². The number of hydrogen-bond donors (Lipinski definition) is 0. The van der Waals surface area contributed by atoms with E-state index < -0.39 is 9.84 Å². The quantitative estimate of drug-likeness (QED) is 0.622. The number of benzene rings is 2. The molecule has 4 nitrogen and oxygen atoms in total. The Bertz CT molecular complexity index is 853. The molecule has 0 bridgehead atoms. The zero-order valence-electron chi connectivity index (χ0n) is 12.6. The molecule has 0 atom stereocenters. The van der Waals surface area contributed by atoms with Crippen molar-refractivity contribution in [1.29, 1.82) is 0 Å². The van der Waals surface area contributed by atoms with Crippen molar-refractivity contribution in [2.45, 2.75) is 4.90 Å². The van der Waals surface area contributed by atoms with Gasteiger partial charge in [-0.25, -0.2) is 12.8 Å². The van der Waals surface area contributed by atoms with E-state index in [1.54, 1.807) is 18.2 Å². The lowest BCUT2D eigenvalue weighted by atomic mass is 10.1. The second-order valence-corrected chi connectivity index (χ2v) is 6.87. The van der Waals surface area contributed by atoms with E-state index in [2.05, 4.69) is 0 Å². The topological polar surface area (TPSA) is 60.4 Å². The van der Waals surface area contributed by atoms with Crippen LogP contribution in [0.4, 0.5) is 4.39 Å². The summed E-state index contributed by atoms with van der Waals surface area (Å²) in [4.78, 5) is 12.2. The van der Waals surface area contributed by atoms with Crippen molar-refractivity contribution >= 4 is 21.7 Å². The molecule has 2 aromatic rings. The van der Waals surface area contributed by atoms with E-state index in [-0.39, 0.29) is 22.2 Å². The molecular formula is C17H15FO4S. The highest BCUT2D eigenvalue weighted by atomic mass is 32.2. The van der Waals surface area contributed by atoms with Gasteiger partial charge in [0.15, 0.2) is 15.6 Å². The number of hydrogen-bond acceptors (Lipinski definition) is 4. The molecule has 0 saturated carbocycles. The number of rotatable bonds is 5. The van der Waals surface area contributed by atoms with Gasteiger partial charge in [0.05, 0.1) is 7.11 Å². The molecule has 0 aromatic heterocycles. The third kappa shape index (κ3) is 4.26. The maximum atomic E-state index is 12.8. The molecule has 0 radical (unpaired) electrons. The highest BCUT2D eigenvalue weighted by Crippen LogP contribution is 2.25. The van der Waals surface area contributed by atoms with Crippen molar-refractivity contribution in [2.24, 2.45) is 0 Å². The Balaban J connectivity index is 2.28. The SMILES string of the molecule is COc1cc(C(=O)C=Cc2ccc(F)cc2)ccc1S(C)(=O)=O. The second-order valence-electron chi connectivity index (χ2n) is 4.89. The van der Waals surface area contributed by atoms with Crippen LogP contribution in [-0.4, -0.2) is 27.6 Å². The molecule has 6 heteroatoms. The first kappa shape index (κ1) is 16.9. The van der Waals surface area contributed by atoms with Crippen molar-refractivity contribution in [3.8, 4) is 5.75 Å². The maximum absolute atomic E-state index is 12.8. The molecule has 0 spiro atoms. The minimum absolute atomic E-state index is 0.0269. The van der Waals surface area contributed by atoms with Gasteiger partial charge in [0.25, 0.3) is 0 Å². The van der Waals surface area contributed by atoms with E-state index in [9.17, 15) is 17.6 Å². The highest BCUT2D eigenvalue weighted by Gasteiger charge is 2.16. The van der Waals surface area contributed by atoms with Crippen LogP contribution in [0.15, 0.2) is 53.4 Å². The zero-order valence-corrected chi connectivity index (χ0v) is 13.4. The standard InChI is InChI=1S/C17H15FO4S/c1-22-16-11-13(6-10-17(16)23(2,20)21)15(19)9-5-12-3-7-14(18)8-4-12/h3-11H,1-2H3. The van der Waals surface area contributed by atoms with Gasteiger partial charge in [-0.15, -0.1) is 0 Å². The molecule has 0 N–H and O–H groups in total. The summed E-state index contributed by atoms with van der Waals surface area (Å²) in [5, 5.41) is 0. The Hall–Kier alpha value is -2.47. The zero-order chi connectivity index (χ0) is 17.0. The molecular weight excluding hydrogens is 319 g/mol. The number of ether oxygens (including phenoxy) is 1. The summed E-state index contributed by atoms with van der Waals surface area (Å²) in [6, 6.07) is 9.85. The minimum Gasteiger partial charge on any atom is -0.495 e. The van der Waals surface area contributed by atoms with E-state index in [1.807, 2.05) is 0 Å². The van der Waals surface area contributed by atoms with E-state index in [0.717, 1.165) is 6.26 Å². The molecule has 120 valence electrons.